The minimum Gasteiger partial charge on any atom is -0.480 e. The molecule has 0 heterocycles. The van der Waals surface area contributed by atoms with Gasteiger partial charge in [0.25, 0.3) is 0 Å². The van der Waals surface area contributed by atoms with Crippen LogP contribution in [-0.2, 0) is 51.2 Å². The molecule has 0 radical (unpaired) electrons. The number of carboxylic acid groups (broad SMARTS) is 1. The van der Waals surface area contributed by atoms with E-state index in [0.29, 0.717) is 24.8 Å². The fraction of sp³-hybridized carbons (Fsp3) is 0.583. The Hall–Kier alpha value is -5.84. The number of benzene rings is 2. The molecule has 11 N–H and O–H groups in total. The number of aliphatic carboxylic acids is 1. The number of unbranched alkanes of at least 4 members (excludes halogenated alkanes) is 11. The molecule has 2 aromatic carbocycles. The molecule has 0 fully saturated rings. The van der Waals surface area contributed by atoms with Gasteiger partial charge in [0.15, 0.2) is 0 Å². The van der Waals surface area contributed by atoms with Crippen LogP contribution in [-0.4, -0.2) is 93.8 Å². The van der Waals surface area contributed by atoms with Gasteiger partial charge in [-0.05, 0) is 36.8 Å². The van der Waals surface area contributed by atoms with Crippen molar-refractivity contribution in [2.45, 2.75) is 173 Å². The average Bonchev–Trinajstić information content (AvgIpc) is 3.26. The predicted molar refractivity (Wildman–Crippen MR) is 246 cm³/mol. The molecule has 0 spiro atoms. The van der Waals surface area contributed by atoms with Crippen molar-refractivity contribution < 1.29 is 48.6 Å². The fourth-order valence-corrected chi connectivity index (χ4v) is 7.27. The molecule has 0 saturated heterocycles. The first-order valence-electron chi connectivity index (χ1n) is 23.1. The number of amides is 7. The highest BCUT2D eigenvalue weighted by molar-refractivity contribution is 5.95. The molecule has 0 aliphatic carbocycles. The molecule has 17 nitrogen and oxygen atoms in total. The summed E-state index contributed by atoms with van der Waals surface area (Å²) in [6.07, 6.45) is 10.5. The second-order valence-corrected chi connectivity index (χ2v) is 16.9. The molecule has 360 valence electrons. The molecule has 17 heteroatoms. The Balaban J connectivity index is 1.62. The third kappa shape index (κ3) is 23.1. The normalized spacial score (nSPS) is 14.3. The van der Waals surface area contributed by atoms with E-state index in [4.69, 9.17) is 11.5 Å². The Morgan fingerprint density at radius 2 is 0.938 bits per heavy atom. The van der Waals surface area contributed by atoms with Crippen molar-refractivity contribution in [1.29, 1.82) is 0 Å². The summed E-state index contributed by atoms with van der Waals surface area (Å²) in [5, 5.41) is 32.9. The van der Waals surface area contributed by atoms with Gasteiger partial charge in [0.1, 0.15) is 30.2 Å². The summed E-state index contributed by atoms with van der Waals surface area (Å²) in [5.74, 6) is -5.97. The number of hydrogen-bond acceptors (Lipinski definition) is 9. The zero-order chi connectivity index (χ0) is 48.1. The molecular formula is C48H73N7O10. The van der Waals surface area contributed by atoms with Crippen molar-refractivity contribution in [3.8, 4) is 0 Å². The van der Waals surface area contributed by atoms with Gasteiger partial charge in [-0.3, -0.25) is 33.6 Å². The maximum atomic E-state index is 13.4. The smallest absolute Gasteiger partial charge is 0.326 e. The third-order valence-electron chi connectivity index (χ3n) is 11.3. The number of rotatable bonds is 34. The van der Waals surface area contributed by atoms with Crippen molar-refractivity contribution in [3.63, 3.8) is 0 Å². The number of primary amides is 2. The Kier molecular flexibility index (Phi) is 26.5. The van der Waals surface area contributed by atoms with Gasteiger partial charge >= 0.3 is 5.97 Å². The van der Waals surface area contributed by atoms with E-state index < -0.39 is 84.1 Å². The van der Waals surface area contributed by atoms with Crippen molar-refractivity contribution in [2.24, 2.45) is 17.4 Å². The summed E-state index contributed by atoms with van der Waals surface area (Å²) < 4.78 is 0. The number of carboxylic acids is 1. The van der Waals surface area contributed by atoms with Crippen LogP contribution in [0.1, 0.15) is 135 Å². The highest BCUT2D eigenvalue weighted by atomic mass is 16.4. The van der Waals surface area contributed by atoms with Gasteiger partial charge in [0.05, 0.1) is 12.5 Å². The van der Waals surface area contributed by atoms with Crippen LogP contribution in [0.2, 0.25) is 0 Å². The molecule has 0 aliphatic rings. The fourth-order valence-electron chi connectivity index (χ4n) is 7.27. The van der Waals surface area contributed by atoms with Gasteiger partial charge in [-0.25, -0.2) is 4.79 Å². The topological polar surface area (TPSA) is 289 Å². The van der Waals surface area contributed by atoms with E-state index in [0.717, 1.165) is 69.8 Å². The molecular weight excluding hydrogens is 835 g/mol. The van der Waals surface area contributed by atoms with E-state index >= 15 is 0 Å². The van der Waals surface area contributed by atoms with E-state index in [2.05, 4.69) is 26.6 Å². The van der Waals surface area contributed by atoms with Crippen molar-refractivity contribution in [1.82, 2.24) is 26.6 Å². The maximum Gasteiger partial charge on any atom is 0.326 e. The molecule has 0 unspecified atom stereocenters. The molecule has 2 aromatic rings. The van der Waals surface area contributed by atoms with Crippen LogP contribution in [0.25, 0.3) is 0 Å². The van der Waals surface area contributed by atoms with Crippen molar-refractivity contribution in [2.75, 3.05) is 0 Å². The van der Waals surface area contributed by atoms with Crippen LogP contribution in [0, 0.1) is 5.92 Å². The predicted octanol–water partition coefficient (Wildman–Crippen LogP) is 3.23. The first-order valence-corrected chi connectivity index (χ1v) is 23.1. The molecule has 65 heavy (non-hydrogen) atoms. The van der Waals surface area contributed by atoms with Gasteiger partial charge in [-0.2, -0.15) is 0 Å². The number of nitrogens with two attached hydrogens (primary N) is 2. The Labute approximate surface area is 383 Å². The average molecular weight is 908 g/mol. The van der Waals surface area contributed by atoms with Crippen LogP contribution in [0.3, 0.4) is 0 Å². The molecule has 0 aromatic heterocycles. The number of hydrogen-bond donors (Lipinski definition) is 9. The first kappa shape index (κ1) is 55.3. The lowest BCUT2D eigenvalue weighted by atomic mass is 9.96. The summed E-state index contributed by atoms with van der Waals surface area (Å²) in [6, 6.07) is 12.0. The number of carbonyl (C=O) groups is 8. The molecule has 7 amide bonds. The second kappa shape index (κ2) is 31.1. The van der Waals surface area contributed by atoms with E-state index in [-0.39, 0.29) is 37.5 Å². The van der Waals surface area contributed by atoms with Gasteiger partial charge in [0.2, 0.25) is 41.4 Å². The summed E-state index contributed by atoms with van der Waals surface area (Å²) in [6.45, 7) is 5.03. The molecule has 7 atom stereocenters. The number of aliphatic hydroxyl groups excluding tert-OH is 1. The summed E-state index contributed by atoms with van der Waals surface area (Å²) in [7, 11) is 0. The zero-order valence-electron chi connectivity index (χ0n) is 38.4. The summed E-state index contributed by atoms with van der Waals surface area (Å²) >= 11 is 0. The van der Waals surface area contributed by atoms with Crippen LogP contribution < -0.4 is 38.1 Å². The third-order valence-corrected chi connectivity index (χ3v) is 11.3. The van der Waals surface area contributed by atoms with Crippen molar-refractivity contribution >= 4 is 47.3 Å². The second-order valence-electron chi connectivity index (χ2n) is 16.9. The van der Waals surface area contributed by atoms with E-state index in [1.54, 1.807) is 37.3 Å². The quantitative estimate of drug-likeness (QED) is 0.0462. The highest BCUT2D eigenvalue weighted by Gasteiger charge is 2.34. The molecule has 0 bridgehead atoms. The van der Waals surface area contributed by atoms with Gasteiger partial charge < -0.3 is 48.3 Å². The van der Waals surface area contributed by atoms with Gasteiger partial charge in [-0.15, -0.1) is 0 Å². The van der Waals surface area contributed by atoms with Crippen LogP contribution in [0.4, 0.5) is 0 Å². The standard InChI is InChI=1S/C48H73N7O10/c1-4-32(2)42(46(62)52-36(44(50)60)29-34-23-17-15-18-24-34)55-47(63)43(33(3)56)54-41(59)28-22-14-12-10-8-6-5-7-9-11-13-21-27-40(58)51-37(31-39(49)57)45(61)53-38(48(64)65)30-35-25-19-16-20-26-35/h15-20,23-26,32-33,36-38,42-43,56H,4-14,21-22,27-31H2,1-3H3,(H2,49,57)(H2,50,60)(H,51,58)(H,52,62)(H,53,61)(H,54,59)(H,55,63)(H,64,65)/t32-,33+,36-,37-,38-,42-,43-/m0/s1. The van der Waals surface area contributed by atoms with Gasteiger partial charge in [-0.1, -0.05) is 145 Å². The lowest BCUT2D eigenvalue weighted by Crippen LogP contribution is -2.60. The van der Waals surface area contributed by atoms with Crippen LogP contribution in [0.5, 0.6) is 0 Å². The first-order chi connectivity index (χ1) is 31.0. The Bertz CT molecular complexity index is 1800. The molecule has 2 rings (SSSR count). The minimum absolute atomic E-state index is 0.0343. The zero-order valence-corrected chi connectivity index (χ0v) is 38.4. The summed E-state index contributed by atoms with van der Waals surface area (Å²) in [4.78, 5) is 101. The van der Waals surface area contributed by atoms with Crippen LogP contribution in [0.15, 0.2) is 60.7 Å². The molecule has 0 saturated carbocycles. The largest absolute Gasteiger partial charge is 0.480 e. The van der Waals surface area contributed by atoms with Gasteiger partial charge in [0, 0.05) is 25.7 Å². The lowest BCUT2D eigenvalue weighted by Gasteiger charge is -2.28. The van der Waals surface area contributed by atoms with E-state index in [1.807, 2.05) is 37.3 Å². The number of carbonyl (C=O) groups excluding carboxylic acids is 7. The Morgan fingerprint density at radius 3 is 1.35 bits per heavy atom. The number of aliphatic hydroxyl groups is 1. The van der Waals surface area contributed by atoms with Crippen LogP contribution >= 0.6 is 0 Å². The summed E-state index contributed by atoms with van der Waals surface area (Å²) in [5.41, 5.74) is 12.4. The Morgan fingerprint density at radius 1 is 0.523 bits per heavy atom. The monoisotopic (exact) mass is 908 g/mol. The maximum absolute atomic E-state index is 13.4. The molecule has 0 aliphatic heterocycles. The minimum atomic E-state index is -1.28. The SMILES string of the molecule is CC[C@H](C)[C@H](NC(=O)[C@@H](NC(=O)CCCCCCCCCCCCCCC(=O)N[C@@H](CC(N)=O)C(=O)N[C@@H](Cc1ccccc1)C(=O)O)[C@@H](C)O)C(=O)N[C@@H](Cc1ccccc1)C(N)=O. The van der Waals surface area contributed by atoms with Crippen molar-refractivity contribution in [3.05, 3.63) is 71.8 Å². The van der Waals surface area contributed by atoms with E-state index in [1.165, 1.54) is 6.92 Å². The number of nitrogens with one attached hydrogen (secondary N) is 5. The van der Waals surface area contributed by atoms with E-state index in [9.17, 15) is 48.6 Å². The lowest BCUT2D eigenvalue weighted by molar-refractivity contribution is -0.142. The highest BCUT2D eigenvalue weighted by Crippen LogP contribution is 2.15.